The van der Waals surface area contributed by atoms with E-state index in [1.807, 2.05) is 72.8 Å². The molecule has 0 atom stereocenters. The molecule has 44 heavy (non-hydrogen) atoms. The normalized spacial score (nSPS) is 11.0. The van der Waals surface area contributed by atoms with Crippen molar-refractivity contribution in [1.29, 1.82) is 0 Å². The molecule has 0 saturated carbocycles. The molecule has 0 aliphatic carbocycles. The van der Waals surface area contributed by atoms with Crippen LogP contribution in [0.1, 0.15) is 0 Å². The standard InChI is InChI=1S/C36H24Br2O6/c1-3-41-31(39)19-43-35-27-11-7-5-9-23(27)29-17-21(37)13-15-25(29)33(35)34-26-16-14-22(38)18-30(26)24-10-6-8-12-28(24)36(34)44-20-32(40)42-4-2/h3-18H,1-2,19-20H2. The summed E-state index contributed by atoms with van der Waals surface area (Å²) in [6.45, 7) is 6.25. The van der Waals surface area contributed by atoms with E-state index < -0.39 is 11.9 Å². The van der Waals surface area contributed by atoms with Crippen molar-refractivity contribution in [1.82, 2.24) is 0 Å². The highest BCUT2D eigenvalue weighted by atomic mass is 79.9. The van der Waals surface area contributed by atoms with Crippen LogP contribution in [-0.4, -0.2) is 25.2 Å². The monoisotopic (exact) mass is 710 g/mol. The zero-order valence-electron chi connectivity index (χ0n) is 23.3. The third-order valence-electron chi connectivity index (χ3n) is 7.23. The maximum absolute atomic E-state index is 12.5. The van der Waals surface area contributed by atoms with E-state index in [1.165, 1.54) is 0 Å². The minimum atomic E-state index is -0.595. The van der Waals surface area contributed by atoms with Gasteiger partial charge in [0.05, 0.1) is 12.5 Å². The van der Waals surface area contributed by atoms with Gasteiger partial charge in [-0.05, 0) is 56.6 Å². The molecule has 0 amide bonds. The lowest BCUT2D eigenvalue weighted by molar-refractivity contribution is -0.141. The van der Waals surface area contributed by atoms with Crippen LogP contribution < -0.4 is 9.47 Å². The summed E-state index contributed by atoms with van der Waals surface area (Å²) >= 11 is 7.29. The maximum atomic E-state index is 12.5. The van der Waals surface area contributed by atoms with E-state index in [4.69, 9.17) is 18.9 Å². The van der Waals surface area contributed by atoms with Crippen LogP contribution in [-0.2, 0) is 19.1 Å². The molecular formula is C36H24Br2O6. The fourth-order valence-corrected chi connectivity index (χ4v) is 6.30. The van der Waals surface area contributed by atoms with Crippen molar-refractivity contribution in [3.05, 3.63) is 120 Å². The minimum absolute atomic E-state index is 0.357. The molecule has 6 rings (SSSR count). The highest BCUT2D eigenvalue weighted by molar-refractivity contribution is 9.10. The van der Waals surface area contributed by atoms with Gasteiger partial charge in [0, 0.05) is 30.8 Å². The Morgan fingerprint density at radius 1 is 0.545 bits per heavy atom. The van der Waals surface area contributed by atoms with Crippen molar-refractivity contribution in [2.45, 2.75) is 0 Å². The molecule has 0 aliphatic heterocycles. The SMILES string of the molecule is C=COC(=O)COc1c(-c2c(OCC(=O)OC=C)c3ccccc3c3cc(Br)ccc23)c2ccc(Br)cc2c2ccccc12. The van der Waals surface area contributed by atoms with Crippen LogP contribution in [0.3, 0.4) is 0 Å². The number of carbonyl (C=O) groups excluding carboxylic acids is 2. The van der Waals surface area contributed by atoms with Crippen molar-refractivity contribution in [3.63, 3.8) is 0 Å². The van der Waals surface area contributed by atoms with Crippen LogP contribution in [0.5, 0.6) is 11.5 Å². The first kappa shape index (κ1) is 29.4. The third-order valence-corrected chi connectivity index (χ3v) is 8.21. The summed E-state index contributed by atoms with van der Waals surface area (Å²) < 4.78 is 24.5. The fourth-order valence-electron chi connectivity index (χ4n) is 5.57. The molecule has 0 radical (unpaired) electrons. The van der Waals surface area contributed by atoms with Crippen LogP contribution in [0.15, 0.2) is 120 Å². The van der Waals surface area contributed by atoms with Gasteiger partial charge in [0.15, 0.2) is 13.2 Å². The molecule has 0 N–H and O–H groups in total. The molecule has 0 unspecified atom stereocenters. The number of carbonyl (C=O) groups is 2. The number of ether oxygens (including phenoxy) is 4. The second-order valence-corrected chi connectivity index (χ2v) is 11.6. The lowest BCUT2D eigenvalue weighted by Crippen LogP contribution is -2.14. The number of hydrogen-bond donors (Lipinski definition) is 0. The molecule has 6 aromatic carbocycles. The third kappa shape index (κ3) is 5.42. The molecule has 0 heterocycles. The van der Waals surface area contributed by atoms with Crippen LogP contribution >= 0.6 is 31.9 Å². The van der Waals surface area contributed by atoms with E-state index >= 15 is 0 Å². The number of hydrogen-bond acceptors (Lipinski definition) is 6. The van der Waals surface area contributed by atoms with Gasteiger partial charge in [-0.25, -0.2) is 9.59 Å². The van der Waals surface area contributed by atoms with Crippen molar-refractivity contribution < 1.29 is 28.5 Å². The smallest absolute Gasteiger partial charge is 0.348 e. The first-order valence-corrected chi connectivity index (χ1v) is 15.1. The number of halogens is 2. The van der Waals surface area contributed by atoms with Gasteiger partial charge >= 0.3 is 11.9 Å². The highest BCUT2D eigenvalue weighted by Gasteiger charge is 2.26. The first-order chi connectivity index (χ1) is 21.4. The first-order valence-electron chi connectivity index (χ1n) is 13.6. The Balaban J connectivity index is 1.79. The molecule has 0 saturated heterocycles. The molecule has 0 aliphatic rings. The average molecular weight is 712 g/mol. The van der Waals surface area contributed by atoms with Gasteiger partial charge in [0.25, 0.3) is 0 Å². The van der Waals surface area contributed by atoms with Crippen molar-refractivity contribution in [3.8, 4) is 22.6 Å². The average Bonchev–Trinajstić information content (AvgIpc) is 3.03. The number of rotatable bonds is 9. The molecule has 0 aromatic heterocycles. The summed E-state index contributed by atoms with van der Waals surface area (Å²) in [6.07, 6.45) is 2.15. The minimum Gasteiger partial charge on any atom is -0.481 e. The van der Waals surface area contributed by atoms with E-state index in [0.717, 1.165) is 64.6 Å². The molecular weight excluding hydrogens is 688 g/mol. The summed E-state index contributed by atoms with van der Waals surface area (Å²) in [5, 5.41) is 7.08. The van der Waals surface area contributed by atoms with Gasteiger partial charge in [-0.1, -0.05) is 106 Å². The maximum Gasteiger partial charge on any atom is 0.348 e. The van der Waals surface area contributed by atoms with Gasteiger partial charge < -0.3 is 18.9 Å². The van der Waals surface area contributed by atoms with Crippen LogP contribution in [0, 0.1) is 0 Å². The number of esters is 2. The summed E-state index contributed by atoms with van der Waals surface area (Å²) in [4.78, 5) is 25.1. The molecule has 8 heteroatoms. The molecule has 6 aromatic rings. The number of fused-ring (bicyclic) bond motifs is 6. The fraction of sp³-hybridized carbons (Fsp3) is 0.0556. The van der Waals surface area contributed by atoms with E-state index in [1.54, 1.807) is 0 Å². The van der Waals surface area contributed by atoms with E-state index in [-0.39, 0.29) is 13.2 Å². The van der Waals surface area contributed by atoms with Gasteiger partial charge in [-0.15, -0.1) is 0 Å². The van der Waals surface area contributed by atoms with Gasteiger partial charge in [0.1, 0.15) is 11.5 Å². The van der Waals surface area contributed by atoms with Crippen LogP contribution in [0.25, 0.3) is 54.2 Å². The van der Waals surface area contributed by atoms with Gasteiger partial charge in [-0.3, -0.25) is 0 Å². The lowest BCUT2D eigenvalue weighted by Gasteiger charge is -2.23. The zero-order valence-corrected chi connectivity index (χ0v) is 26.4. The van der Waals surface area contributed by atoms with E-state index in [2.05, 4.69) is 57.2 Å². The molecule has 0 spiro atoms. The second kappa shape index (κ2) is 12.5. The predicted octanol–water partition coefficient (Wildman–Crippen LogP) is 9.62. The molecule has 0 bridgehead atoms. The van der Waals surface area contributed by atoms with Crippen molar-refractivity contribution in [2.75, 3.05) is 13.2 Å². The Kier molecular flexibility index (Phi) is 8.37. The van der Waals surface area contributed by atoms with E-state index in [9.17, 15) is 9.59 Å². The van der Waals surface area contributed by atoms with Crippen LogP contribution in [0.2, 0.25) is 0 Å². The molecule has 218 valence electrons. The molecule has 6 nitrogen and oxygen atoms in total. The lowest BCUT2D eigenvalue weighted by atomic mass is 9.87. The van der Waals surface area contributed by atoms with E-state index in [0.29, 0.717) is 22.6 Å². The Labute approximate surface area is 269 Å². The summed E-state index contributed by atoms with van der Waals surface area (Å²) in [5.41, 5.74) is 1.39. The number of benzene rings is 6. The predicted molar refractivity (Wildman–Crippen MR) is 181 cm³/mol. The quantitative estimate of drug-likeness (QED) is 0.0845. The van der Waals surface area contributed by atoms with Crippen molar-refractivity contribution >= 4 is 86.9 Å². The topological polar surface area (TPSA) is 71.1 Å². The van der Waals surface area contributed by atoms with Gasteiger partial charge in [0.2, 0.25) is 0 Å². The Morgan fingerprint density at radius 3 is 1.32 bits per heavy atom. The molecule has 0 fully saturated rings. The van der Waals surface area contributed by atoms with Crippen molar-refractivity contribution in [2.24, 2.45) is 0 Å². The summed E-state index contributed by atoms with van der Waals surface area (Å²) in [7, 11) is 0. The van der Waals surface area contributed by atoms with Gasteiger partial charge in [-0.2, -0.15) is 0 Å². The zero-order chi connectivity index (χ0) is 30.8. The summed E-state index contributed by atoms with van der Waals surface area (Å²) in [6, 6.07) is 27.7. The largest absolute Gasteiger partial charge is 0.481 e. The summed E-state index contributed by atoms with van der Waals surface area (Å²) in [5.74, 6) is -0.257. The Morgan fingerprint density at radius 2 is 0.932 bits per heavy atom. The highest BCUT2D eigenvalue weighted by Crippen LogP contribution is 2.52. The second-order valence-electron chi connectivity index (χ2n) is 9.77. The van der Waals surface area contributed by atoms with Crippen LogP contribution in [0.4, 0.5) is 0 Å². The Hall–Kier alpha value is -4.66. The Bertz CT molecular complexity index is 1980.